The second-order valence-electron chi connectivity index (χ2n) is 6.28. The van der Waals surface area contributed by atoms with Crippen molar-refractivity contribution in [3.8, 4) is 0 Å². The number of benzene rings is 2. The number of nitrogens with one attached hydrogen (secondary N) is 1. The Bertz CT molecular complexity index is 835. The minimum atomic E-state index is -3.28. The molecule has 2 unspecified atom stereocenters. The van der Waals surface area contributed by atoms with Gasteiger partial charge in [0.2, 0.25) is 5.91 Å². The van der Waals surface area contributed by atoms with Gasteiger partial charge in [0.1, 0.15) is 0 Å². The molecule has 1 amide bonds. The van der Waals surface area contributed by atoms with Crippen molar-refractivity contribution >= 4 is 31.7 Å². The molecule has 0 bridgehead atoms. The number of hydrogen-bond acceptors (Lipinski definition) is 3. The molecule has 1 aliphatic carbocycles. The van der Waals surface area contributed by atoms with Gasteiger partial charge in [0, 0.05) is 16.9 Å². The Hall–Kier alpha value is -1.66. The monoisotopic (exact) mass is 421 g/mol. The van der Waals surface area contributed by atoms with Crippen LogP contribution >= 0.6 is 15.9 Å². The molecule has 2 atom stereocenters. The molecule has 3 rings (SSSR count). The van der Waals surface area contributed by atoms with Gasteiger partial charge < -0.3 is 5.32 Å². The van der Waals surface area contributed by atoms with Gasteiger partial charge in [0.15, 0.2) is 9.84 Å². The van der Waals surface area contributed by atoms with Crippen molar-refractivity contribution in [2.24, 2.45) is 5.92 Å². The summed E-state index contributed by atoms with van der Waals surface area (Å²) in [7, 11) is -3.28. The third-order valence-corrected chi connectivity index (χ3v) is 6.76. The van der Waals surface area contributed by atoms with Gasteiger partial charge in [-0.1, -0.05) is 46.3 Å². The maximum Gasteiger partial charge on any atom is 0.223 e. The normalized spacial score (nSPS) is 19.4. The summed E-state index contributed by atoms with van der Waals surface area (Å²) in [5.74, 6) is 0.344. The summed E-state index contributed by atoms with van der Waals surface area (Å²) in [6, 6.07) is 16.4. The highest BCUT2D eigenvalue weighted by Crippen LogP contribution is 2.47. The molecule has 0 aromatic heterocycles. The molecule has 2 aromatic rings. The zero-order chi connectivity index (χ0) is 17.9. The molecule has 0 heterocycles. The second kappa shape index (κ2) is 7.70. The lowest BCUT2D eigenvalue weighted by atomic mass is 10.1. The summed E-state index contributed by atoms with van der Waals surface area (Å²) in [6.07, 6.45) is 1.27. The summed E-state index contributed by atoms with van der Waals surface area (Å²) in [4.78, 5) is 12.5. The molecule has 132 valence electrons. The van der Waals surface area contributed by atoms with Crippen LogP contribution in [0.5, 0.6) is 0 Å². The predicted octanol–water partition coefficient (Wildman–Crippen LogP) is 3.53. The van der Waals surface area contributed by atoms with Gasteiger partial charge in [-0.2, -0.15) is 0 Å². The van der Waals surface area contributed by atoms with Gasteiger partial charge in [-0.05, 0) is 48.6 Å². The Kier molecular flexibility index (Phi) is 5.59. The SMILES string of the molecule is O=C(NCCCS(=O)(=O)c1ccccc1)C1CC1c1ccc(Br)cc1. The van der Waals surface area contributed by atoms with Gasteiger partial charge in [-0.15, -0.1) is 0 Å². The first-order valence-corrected chi connectivity index (χ1v) is 10.7. The number of halogens is 1. The first-order chi connectivity index (χ1) is 12.0. The number of amides is 1. The van der Waals surface area contributed by atoms with E-state index in [9.17, 15) is 13.2 Å². The number of carbonyl (C=O) groups is 1. The van der Waals surface area contributed by atoms with E-state index in [-0.39, 0.29) is 23.5 Å². The third-order valence-electron chi connectivity index (χ3n) is 4.42. The Balaban J connectivity index is 1.43. The fourth-order valence-corrected chi connectivity index (χ4v) is 4.51. The molecule has 1 aliphatic rings. The molecule has 1 saturated carbocycles. The predicted molar refractivity (Wildman–Crippen MR) is 101 cm³/mol. The highest BCUT2D eigenvalue weighted by atomic mass is 79.9. The van der Waals surface area contributed by atoms with Gasteiger partial charge >= 0.3 is 0 Å². The van der Waals surface area contributed by atoms with Crippen LogP contribution in [-0.2, 0) is 14.6 Å². The average Bonchev–Trinajstić information content (AvgIpc) is 3.41. The lowest BCUT2D eigenvalue weighted by Crippen LogP contribution is -2.27. The third kappa shape index (κ3) is 4.70. The van der Waals surface area contributed by atoms with E-state index in [1.54, 1.807) is 30.3 Å². The van der Waals surface area contributed by atoms with Gasteiger partial charge in [-0.3, -0.25) is 4.79 Å². The van der Waals surface area contributed by atoms with Crippen LogP contribution in [0.4, 0.5) is 0 Å². The van der Waals surface area contributed by atoms with Crippen LogP contribution in [0, 0.1) is 5.92 Å². The van der Waals surface area contributed by atoms with Crippen LogP contribution in [0.1, 0.15) is 24.3 Å². The zero-order valence-corrected chi connectivity index (χ0v) is 16.1. The standard InChI is InChI=1S/C19H20BrNO3S/c20-15-9-7-14(8-10-15)17-13-18(17)19(22)21-11-4-12-25(23,24)16-5-2-1-3-6-16/h1-3,5-10,17-18H,4,11-13H2,(H,21,22). The number of hydrogen-bond donors (Lipinski definition) is 1. The molecule has 0 aliphatic heterocycles. The largest absolute Gasteiger partial charge is 0.356 e. The van der Waals surface area contributed by atoms with Crippen molar-refractivity contribution in [3.05, 3.63) is 64.6 Å². The molecule has 2 aromatic carbocycles. The molecule has 6 heteroatoms. The first kappa shape index (κ1) is 18.1. The van der Waals surface area contributed by atoms with Crippen molar-refractivity contribution in [1.29, 1.82) is 0 Å². The van der Waals surface area contributed by atoms with Crippen LogP contribution in [0.25, 0.3) is 0 Å². The molecule has 0 saturated heterocycles. The van der Waals surface area contributed by atoms with Crippen LogP contribution in [0.2, 0.25) is 0 Å². The van der Waals surface area contributed by atoms with Crippen molar-refractivity contribution < 1.29 is 13.2 Å². The molecule has 1 fully saturated rings. The maximum absolute atomic E-state index is 12.2. The van der Waals surface area contributed by atoms with Crippen LogP contribution in [0.15, 0.2) is 64.0 Å². The number of rotatable bonds is 7. The van der Waals surface area contributed by atoms with Crippen molar-refractivity contribution in [2.75, 3.05) is 12.3 Å². The molecule has 0 spiro atoms. The van der Waals surface area contributed by atoms with Crippen molar-refractivity contribution in [2.45, 2.75) is 23.7 Å². The Morgan fingerprint density at radius 3 is 2.44 bits per heavy atom. The minimum absolute atomic E-state index is 0.00639. The fraction of sp³-hybridized carbons (Fsp3) is 0.316. The van der Waals surface area contributed by atoms with Crippen LogP contribution in [-0.4, -0.2) is 26.6 Å². The van der Waals surface area contributed by atoms with Gasteiger partial charge in [-0.25, -0.2) is 8.42 Å². The molecule has 4 nitrogen and oxygen atoms in total. The van der Waals surface area contributed by atoms with Gasteiger partial charge in [0.05, 0.1) is 10.6 Å². The molecular formula is C19H20BrNO3S. The lowest BCUT2D eigenvalue weighted by molar-refractivity contribution is -0.122. The van der Waals surface area contributed by atoms with E-state index in [0.29, 0.717) is 17.9 Å². The highest BCUT2D eigenvalue weighted by molar-refractivity contribution is 9.10. The van der Waals surface area contributed by atoms with Crippen LogP contribution in [0.3, 0.4) is 0 Å². The topological polar surface area (TPSA) is 63.2 Å². The summed E-state index contributed by atoms with van der Waals surface area (Å²) in [6.45, 7) is 0.383. The van der Waals surface area contributed by atoms with Crippen molar-refractivity contribution in [1.82, 2.24) is 5.32 Å². The maximum atomic E-state index is 12.2. The van der Waals surface area contributed by atoms with E-state index in [1.165, 1.54) is 5.56 Å². The van der Waals surface area contributed by atoms with Crippen LogP contribution < -0.4 is 5.32 Å². The molecule has 25 heavy (non-hydrogen) atoms. The smallest absolute Gasteiger partial charge is 0.223 e. The summed E-state index contributed by atoms with van der Waals surface area (Å²) < 4.78 is 25.4. The second-order valence-corrected chi connectivity index (χ2v) is 9.30. The Morgan fingerprint density at radius 1 is 1.08 bits per heavy atom. The number of sulfone groups is 1. The van der Waals surface area contributed by atoms with Crippen molar-refractivity contribution in [3.63, 3.8) is 0 Å². The first-order valence-electron chi connectivity index (χ1n) is 8.28. The summed E-state index contributed by atoms with van der Waals surface area (Å²) in [5, 5.41) is 2.87. The van der Waals surface area contributed by atoms with E-state index in [0.717, 1.165) is 10.9 Å². The highest BCUT2D eigenvalue weighted by Gasteiger charge is 2.43. The van der Waals surface area contributed by atoms with E-state index >= 15 is 0 Å². The Labute approximate surface area is 156 Å². The summed E-state index contributed by atoms with van der Waals surface area (Å²) in [5.41, 5.74) is 1.18. The molecule has 0 radical (unpaired) electrons. The summed E-state index contributed by atoms with van der Waals surface area (Å²) >= 11 is 3.41. The Morgan fingerprint density at radius 2 is 1.76 bits per heavy atom. The molecular weight excluding hydrogens is 402 g/mol. The molecule has 1 N–H and O–H groups in total. The van der Waals surface area contributed by atoms with E-state index in [2.05, 4.69) is 21.2 Å². The van der Waals surface area contributed by atoms with E-state index in [4.69, 9.17) is 0 Å². The quantitative estimate of drug-likeness (QED) is 0.695. The average molecular weight is 422 g/mol. The van der Waals surface area contributed by atoms with E-state index < -0.39 is 9.84 Å². The zero-order valence-electron chi connectivity index (χ0n) is 13.7. The van der Waals surface area contributed by atoms with E-state index in [1.807, 2.05) is 24.3 Å². The lowest BCUT2D eigenvalue weighted by Gasteiger charge is -2.06. The van der Waals surface area contributed by atoms with Gasteiger partial charge in [0.25, 0.3) is 0 Å². The minimum Gasteiger partial charge on any atom is -0.356 e. The fourth-order valence-electron chi connectivity index (χ4n) is 2.91. The number of carbonyl (C=O) groups excluding carboxylic acids is 1.